The highest BCUT2D eigenvalue weighted by Crippen LogP contribution is 2.30. The van der Waals surface area contributed by atoms with Gasteiger partial charge in [0.2, 0.25) is 5.78 Å². The minimum absolute atomic E-state index is 0.0173. The SMILES string of the molecule is CCOC(=O)/C(=C\NC1CC1)C(=O)c1cc(F)c(F)c(C(F)F)c1F. The Balaban J connectivity index is 2.47. The molecule has 1 aliphatic carbocycles. The molecule has 0 bridgehead atoms. The predicted molar refractivity (Wildman–Crippen MR) is 76.5 cm³/mol. The Labute approximate surface area is 139 Å². The van der Waals surface area contributed by atoms with Crippen molar-refractivity contribution >= 4 is 11.8 Å². The molecule has 1 aromatic rings. The van der Waals surface area contributed by atoms with Crippen molar-refractivity contribution in [3.8, 4) is 0 Å². The smallest absolute Gasteiger partial charge is 0.343 e. The number of alkyl halides is 2. The van der Waals surface area contributed by atoms with Crippen LogP contribution in [0.15, 0.2) is 17.8 Å². The number of carbonyl (C=O) groups excluding carboxylic acids is 2. The zero-order chi connectivity index (χ0) is 18.7. The van der Waals surface area contributed by atoms with E-state index in [4.69, 9.17) is 0 Å². The van der Waals surface area contributed by atoms with Crippen LogP contribution < -0.4 is 5.32 Å². The summed E-state index contributed by atoms with van der Waals surface area (Å²) in [6, 6.07) is 0.159. The van der Waals surface area contributed by atoms with Crippen LogP contribution in [0.2, 0.25) is 0 Å². The summed E-state index contributed by atoms with van der Waals surface area (Å²) in [5, 5.41) is 2.71. The second kappa shape index (κ2) is 7.62. The maximum absolute atomic E-state index is 14.1. The number of rotatable bonds is 7. The van der Waals surface area contributed by atoms with E-state index in [-0.39, 0.29) is 18.7 Å². The maximum Gasteiger partial charge on any atom is 0.343 e. The molecule has 1 fully saturated rings. The molecule has 0 radical (unpaired) electrons. The van der Waals surface area contributed by atoms with E-state index in [0.29, 0.717) is 0 Å². The summed E-state index contributed by atoms with van der Waals surface area (Å²) in [6.45, 7) is 1.36. The first-order valence-electron chi connectivity index (χ1n) is 7.41. The van der Waals surface area contributed by atoms with Gasteiger partial charge in [0, 0.05) is 12.2 Å². The Morgan fingerprint density at radius 3 is 2.44 bits per heavy atom. The molecule has 1 aliphatic rings. The second-order valence-corrected chi connectivity index (χ2v) is 5.30. The van der Waals surface area contributed by atoms with Gasteiger partial charge in [-0.05, 0) is 25.8 Å². The van der Waals surface area contributed by atoms with Gasteiger partial charge in [-0.3, -0.25) is 4.79 Å². The number of ketones is 1. The van der Waals surface area contributed by atoms with Gasteiger partial charge in [-0.2, -0.15) is 0 Å². The molecule has 0 aromatic heterocycles. The van der Waals surface area contributed by atoms with E-state index in [2.05, 4.69) is 10.1 Å². The Morgan fingerprint density at radius 2 is 1.92 bits per heavy atom. The minimum atomic E-state index is -3.68. The van der Waals surface area contributed by atoms with Gasteiger partial charge in [0.05, 0.1) is 17.7 Å². The van der Waals surface area contributed by atoms with Crippen molar-refractivity contribution in [2.45, 2.75) is 32.2 Å². The highest BCUT2D eigenvalue weighted by molar-refractivity contribution is 6.24. The van der Waals surface area contributed by atoms with Crippen LogP contribution in [0.5, 0.6) is 0 Å². The summed E-state index contributed by atoms with van der Waals surface area (Å²) in [4.78, 5) is 24.3. The van der Waals surface area contributed by atoms with Gasteiger partial charge in [0.1, 0.15) is 11.4 Å². The van der Waals surface area contributed by atoms with Crippen LogP contribution in [-0.2, 0) is 9.53 Å². The first kappa shape index (κ1) is 18.9. The second-order valence-electron chi connectivity index (χ2n) is 5.30. The molecule has 2 rings (SSSR count). The lowest BCUT2D eigenvalue weighted by Crippen LogP contribution is -2.22. The molecule has 0 atom stereocenters. The first-order chi connectivity index (χ1) is 11.8. The van der Waals surface area contributed by atoms with Gasteiger partial charge in [0.25, 0.3) is 6.43 Å². The van der Waals surface area contributed by atoms with Gasteiger partial charge in [-0.25, -0.2) is 26.7 Å². The Hall–Kier alpha value is -2.45. The van der Waals surface area contributed by atoms with Crippen molar-refractivity contribution in [3.63, 3.8) is 0 Å². The molecule has 1 aromatic carbocycles. The van der Waals surface area contributed by atoms with Crippen LogP contribution >= 0.6 is 0 Å². The third kappa shape index (κ3) is 4.15. The first-order valence-corrected chi connectivity index (χ1v) is 7.41. The number of carbonyl (C=O) groups is 2. The summed E-state index contributed by atoms with van der Waals surface area (Å²) in [5.41, 5.74) is -3.73. The number of hydrogen-bond acceptors (Lipinski definition) is 4. The number of Topliss-reactive ketones (excluding diaryl/α,β-unsaturated/α-hetero) is 1. The molecule has 25 heavy (non-hydrogen) atoms. The lowest BCUT2D eigenvalue weighted by atomic mass is 10.00. The number of ether oxygens (including phenoxy) is 1. The number of nitrogens with one attached hydrogen (secondary N) is 1. The molecule has 0 amide bonds. The van der Waals surface area contributed by atoms with Crippen molar-refractivity contribution in [3.05, 3.63) is 46.4 Å². The van der Waals surface area contributed by atoms with Gasteiger partial charge in [-0.1, -0.05) is 0 Å². The van der Waals surface area contributed by atoms with Crippen molar-refractivity contribution < 1.29 is 36.3 Å². The lowest BCUT2D eigenvalue weighted by Gasteiger charge is -2.11. The van der Waals surface area contributed by atoms with Crippen LogP contribution in [0.3, 0.4) is 0 Å². The van der Waals surface area contributed by atoms with Gasteiger partial charge >= 0.3 is 5.97 Å². The quantitative estimate of drug-likeness (QED) is 0.153. The van der Waals surface area contributed by atoms with Crippen molar-refractivity contribution in [1.29, 1.82) is 0 Å². The van der Waals surface area contributed by atoms with E-state index in [1.165, 1.54) is 6.92 Å². The molecule has 0 saturated heterocycles. The van der Waals surface area contributed by atoms with Gasteiger partial charge in [-0.15, -0.1) is 0 Å². The summed E-state index contributed by atoms with van der Waals surface area (Å²) in [6.07, 6.45) is -1.13. The molecular weight excluding hydrogens is 349 g/mol. The average molecular weight is 363 g/mol. The zero-order valence-corrected chi connectivity index (χ0v) is 13.0. The molecular formula is C16H14F5NO3. The number of halogens is 5. The Bertz CT molecular complexity index is 729. The molecule has 0 spiro atoms. The number of esters is 1. The van der Waals surface area contributed by atoms with Crippen LogP contribution in [0.1, 0.15) is 42.1 Å². The van der Waals surface area contributed by atoms with E-state index >= 15 is 0 Å². The monoisotopic (exact) mass is 363 g/mol. The topological polar surface area (TPSA) is 55.4 Å². The average Bonchev–Trinajstić information content (AvgIpc) is 3.35. The highest BCUT2D eigenvalue weighted by Gasteiger charge is 2.32. The van der Waals surface area contributed by atoms with Crippen LogP contribution in [0.25, 0.3) is 0 Å². The minimum Gasteiger partial charge on any atom is -0.462 e. The van der Waals surface area contributed by atoms with E-state index in [9.17, 15) is 31.5 Å². The third-order valence-electron chi connectivity index (χ3n) is 3.43. The number of benzene rings is 1. The van der Waals surface area contributed by atoms with Crippen LogP contribution in [-0.4, -0.2) is 24.4 Å². The molecule has 0 aliphatic heterocycles. The van der Waals surface area contributed by atoms with Gasteiger partial charge in [0.15, 0.2) is 11.6 Å². The summed E-state index contributed by atoms with van der Waals surface area (Å²) in [7, 11) is 0. The van der Waals surface area contributed by atoms with Gasteiger partial charge < -0.3 is 10.1 Å². The Kier molecular flexibility index (Phi) is 5.76. The summed E-state index contributed by atoms with van der Waals surface area (Å²) in [5.74, 6) is -8.34. The van der Waals surface area contributed by atoms with E-state index in [1.807, 2.05) is 0 Å². The highest BCUT2D eigenvalue weighted by atomic mass is 19.3. The fraction of sp³-hybridized carbons (Fsp3) is 0.375. The van der Waals surface area contributed by atoms with Crippen molar-refractivity contribution in [2.75, 3.05) is 6.61 Å². The zero-order valence-electron chi connectivity index (χ0n) is 13.0. The fourth-order valence-corrected chi connectivity index (χ4v) is 2.00. The molecule has 1 saturated carbocycles. The molecule has 1 N–H and O–H groups in total. The van der Waals surface area contributed by atoms with E-state index in [1.54, 1.807) is 0 Å². The van der Waals surface area contributed by atoms with Crippen LogP contribution in [0, 0.1) is 17.5 Å². The Morgan fingerprint density at radius 1 is 1.28 bits per heavy atom. The van der Waals surface area contributed by atoms with Crippen molar-refractivity contribution in [2.24, 2.45) is 0 Å². The van der Waals surface area contributed by atoms with Crippen LogP contribution in [0.4, 0.5) is 22.0 Å². The molecule has 136 valence electrons. The predicted octanol–water partition coefficient (Wildman–Crippen LogP) is 3.42. The molecule has 9 heteroatoms. The van der Waals surface area contributed by atoms with Crippen molar-refractivity contribution in [1.82, 2.24) is 5.32 Å². The largest absolute Gasteiger partial charge is 0.462 e. The number of hydrogen-bond donors (Lipinski definition) is 1. The maximum atomic E-state index is 14.1. The fourth-order valence-electron chi connectivity index (χ4n) is 2.00. The standard InChI is InChI=1S/C16H14F5NO3/c1-2-25-16(24)9(6-22-7-3-4-7)14(23)8-5-10(17)13(19)11(12(8)18)15(20)21/h5-7,15,22H,2-4H2,1H3/b9-6-. The molecule has 0 unspecified atom stereocenters. The van der Waals surface area contributed by atoms with E-state index in [0.717, 1.165) is 19.0 Å². The molecule has 0 heterocycles. The summed E-state index contributed by atoms with van der Waals surface area (Å²) >= 11 is 0. The normalized spacial score (nSPS) is 14.6. The summed E-state index contributed by atoms with van der Waals surface area (Å²) < 4.78 is 71.2. The molecule has 4 nitrogen and oxygen atoms in total. The third-order valence-corrected chi connectivity index (χ3v) is 3.43. The van der Waals surface area contributed by atoms with E-state index < -0.39 is 52.3 Å². The lowest BCUT2D eigenvalue weighted by molar-refractivity contribution is -0.138.